The first-order valence-corrected chi connectivity index (χ1v) is 9.00. The fourth-order valence-electron chi connectivity index (χ4n) is 4.46. The van der Waals surface area contributed by atoms with Gasteiger partial charge in [0.25, 0.3) is 0 Å². The molecule has 0 spiro atoms. The van der Waals surface area contributed by atoms with Crippen molar-refractivity contribution in [1.82, 2.24) is 10.3 Å². The van der Waals surface area contributed by atoms with E-state index in [1.165, 1.54) is 19.3 Å². The summed E-state index contributed by atoms with van der Waals surface area (Å²) >= 11 is 0. The maximum atomic E-state index is 12.8. The third kappa shape index (κ3) is 2.53. The number of nitrogens with zero attached hydrogens (tertiary/aromatic N) is 1. The van der Waals surface area contributed by atoms with Gasteiger partial charge in [0.1, 0.15) is 17.4 Å². The highest BCUT2D eigenvalue weighted by atomic mass is 16.3. The zero-order valence-electron chi connectivity index (χ0n) is 13.9. The van der Waals surface area contributed by atoms with Gasteiger partial charge in [-0.2, -0.15) is 0 Å². The van der Waals surface area contributed by atoms with Gasteiger partial charge < -0.3 is 9.73 Å². The molecule has 4 atom stereocenters. The molecule has 0 aliphatic heterocycles. The number of rotatable bonds is 4. The summed E-state index contributed by atoms with van der Waals surface area (Å²) < 4.78 is 6.04. The molecule has 3 aromatic rings. The minimum atomic E-state index is -0.296. The van der Waals surface area contributed by atoms with Crippen LogP contribution in [0.2, 0.25) is 0 Å². The molecule has 2 aliphatic carbocycles. The minimum Gasteiger partial charge on any atom is -0.459 e. The number of aromatic nitrogens is 1. The van der Waals surface area contributed by atoms with Gasteiger partial charge in [-0.25, -0.2) is 0 Å². The van der Waals surface area contributed by atoms with Crippen LogP contribution < -0.4 is 5.32 Å². The Balaban J connectivity index is 1.47. The standard InChI is InChI=1S/C21H20N2O2/c24-21(19-15-7-3-8-16(15)19)23-20(14-6-4-10-22-12-14)18-11-13-5-1-2-9-17(13)25-18/h1-2,4-6,9-12,15-16,19-20H,3,7-8H2,(H,23,24)/t15-,16+,19?,20-/m0/s1. The van der Waals surface area contributed by atoms with E-state index in [2.05, 4.69) is 10.3 Å². The van der Waals surface area contributed by atoms with Crippen molar-refractivity contribution in [2.24, 2.45) is 17.8 Å². The number of carbonyl (C=O) groups is 1. The summed E-state index contributed by atoms with van der Waals surface area (Å²) in [5.74, 6) is 2.31. The highest BCUT2D eigenvalue weighted by Gasteiger charge is 2.56. The molecule has 5 rings (SSSR count). The summed E-state index contributed by atoms with van der Waals surface area (Å²) in [6.45, 7) is 0. The maximum absolute atomic E-state index is 12.8. The molecule has 1 unspecified atom stereocenters. The molecule has 4 nitrogen and oxygen atoms in total. The minimum absolute atomic E-state index is 0.156. The van der Waals surface area contributed by atoms with Gasteiger partial charge in [-0.05, 0) is 42.9 Å². The van der Waals surface area contributed by atoms with Crippen molar-refractivity contribution in [2.45, 2.75) is 25.3 Å². The van der Waals surface area contributed by atoms with Gasteiger partial charge in [0.05, 0.1) is 0 Å². The van der Waals surface area contributed by atoms with Crippen LogP contribution in [0.25, 0.3) is 11.0 Å². The lowest BCUT2D eigenvalue weighted by Crippen LogP contribution is -2.31. The number of nitrogens with one attached hydrogen (secondary N) is 1. The Morgan fingerprint density at radius 2 is 2.00 bits per heavy atom. The second-order valence-corrected chi connectivity index (χ2v) is 7.20. The molecule has 126 valence electrons. The van der Waals surface area contributed by atoms with Crippen molar-refractivity contribution < 1.29 is 9.21 Å². The van der Waals surface area contributed by atoms with E-state index in [0.717, 1.165) is 22.3 Å². The van der Waals surface area contributed by atoms with E-state index in [-0.39, 0.29) is 17.9 Å². The molecule has 2 fully saturated rings. The molecule has 25 heavy (non-hydrogen) atoms. The van der Waals surface area contributed by atoms with Crippen LogP contribution >= 0.6 is 0 Å². The van der Waals surface area contributed by atoms with E-state index in [0.29, 0.717) is 11.8 Å². The third-order valence-corrected chi connectivity index (χ3v) is 5.74. The monoisotopic (exact) mass is 332 g/mol. The van der Waals surface area contributed by atoms with Gasteiger partial charge in [0.15, 0.2) is 0 Å². The lowest BCUT2D eigenvalue weighted by molar-refractivity contribution is -0.123. The quantitative estimate of drug-likeness (QED) is 0.783. The number of para-hydroxylation sites is 1. The number of furan rings is 1. The Kier molecular flexibility index (Phi) is 3.37. The van der Waals surface area contributed by atoms with E-state index in [1.54, 1.807) is 12.4 Å². The van der Waals surface area contributed by atoms with Crippen molar-refractivity contribution in [3.8, 4) is 0 Å². The second kappa shape index (κ2) is 5.73. The van der Waals surface area contributed by atoms with Crippen LogP contribution in [0.4, 0.5) is 0 Å². The lowest BCUT2D eigenvalue weighted by atomic mass is 10.0. The number of hydrogen-bond donors (Lipinski definition) is 1. The van der Waals surface area contributed by atoms with Crippen LogP contribution in [0.15, 0.2) is 59.3 Å². The molecule has 0 saturated heterocycles. The zero-order chi connectivity index (χ0) is 16.8. The molecule has 0 bridgehead atoms. The van der Waals surface area contributed by atoms with Gasteiger partial charge in [-0.15, -0.1) is 0 Å². The first-order valence-electron chi connectivity index (χ1n) is 9.00. The Morgan fingerprint density at radius 1 is 1.16 bits per heavy atom. The molecule has 2 aliphatic rings. The Hall–Kier alpha value is -2.62. The second-order valence-electron chi connectivity index (χ2n) is 7.20. The molecule has 0 radical (unpaired) electrons. The van der Waals surface area contributed by atoms with E-state index in [1.807, 2.05) is 42.5 Å². The lowest BCUT2D eigenvalue weighted by Gasteiger charge is -2.17. The van der Waals surface area contributed by atoms with Gasteiger partial charge in [-0.3, -0.25) is 9.78 Å². The van der Waals surface area contributed by atoms with E-state index >= 15 is 0 Å². The smallest absolute Gasteiger partial charge is 0.224 e. The van der Waals surface area contributed by atoms with Gasteiger partial charge in [0.2, 0.25) is 5.91 Å². The summed E-state index contributed by atoms with van der Waals surface area (Å²) in [5, 5.41) is 4.27. The summed E-state index contributed by atoms with van der Waals surface area (Å²) in [5.41, 5.74) is 1.78. The number of benzene rings is 1. The molecular formula is C21H20N2O2. The molecule has 2 saturated carbocycles. The molecule has 1 aromatic carbocycles. The average Bonchev–Trinajstić information content (AvgIpc) is 3.01. The highest BCUT2D eigenvalue weighted by Crippen LogP contribution is 2.57. The fourth-order valence-corrected chi connectivity index (χ4v) is 4.46. The number of carbonyl (C=O) groups excluding carboxylic acids is 1. The Morgan fingerprint density at radius 3 is 2.76 bits per heavy atom. The van der Waals surface area contributed by atoms with Crippen molar-refractivity contribution in [2.75, 3.05) is 0 Å². The van der Waals surface area contributed by atoms with Gasteiger partial charge >= 0.3 is 0 Å². The molecular weight excluding hydrogens is 312 g/mol. The summed E-state index contributed by atoms with van der Waals surface area (Å²) in [7, 11) is 0. The van der Waals surface area contributed by atoms with Crippen LogP contribution in [0.3, 0.4) is 0 Å². The topological polar surface area (TPSA) is 55.1 Å². The van der Waals surface area contributed by atoms with Crippen LogP contribution in [0.5, 0.6) is 0 Å². The van der Waals surface area contributed by atoms with Gasteiger partial charge in [0, 0.05) is 29.3 Å². The predicted octanol–water partition coefficient (Wildman–Crippen LogP) is 4.08. The average molecular weight is 332 g/mol. The van der Waals surface area contributed by atoms with Crippen molar-refractivity contribution in [3.05, 3.63) is 66.2 Å². The third-order valence-electron chi connectivity index (χ3n) is 5.74. The molecule has 2 heterocycles. The van der Waals surface area contributed by atoms with E-state index in [4.69, 9.17) is 4.42 Å². The normalized spacial score (nSPS) is 25.5. The number of amides is 1. The van der Waals surface area contributed by atoms with E-state index in [9.17, 15) is 4.79 Å². The van der Waals surface area contributed by atoms with E-state index < -0.39 is 0 Å². The SMILES string of the molecule is O=C(N[C@@H](c1cccnc1)c1cc2ccccc2o1)C1[C@H]2CCC[C@@H]12. The molecule has 1 amide bonds. The van der Waals surface area contributed by atoms with Crippen LogP contribution in [0, 0.1) is 17.8 Å². The first-order chi connectivity index (χ1) is 12.3. The van der Waals surface area contributed by atoms with Crippen molar-refractivity contribution in [1.29, 1.82) is 0 Å². The largest absolute Gasteiger partial charge is 0.459 e. The summed E-state index contributed by atoms with van der Waals surface area (Å²) in [6, 6.07) is 13.5. The first kappa shape index (κ1) is 14.7. The number of pyridine rings is 1. The highest BCUT2D eigenvalue weighted by molar-refractivity contribution is 5.84. The van der Waals surface area contributed by atoms with Gasteiger partial charge in [-0.1, -0.05) is 30.7 Å². The molecule has 2 aromatic heterocycles. The summed E-state index contributed by atoms with van der Waals surface area (Å²) in [4.78, 5) is 17.0. The maximum Gasteiger partial charge on any atom is 0.224 e. The predicted molar refractivity (Wildman–Crippen MR) is 94.8 cm³/mol. The fraction of sp³-hybridized carbons (Fsp3) is 0.333. The van der Waals surface area contributed by atoms with Crippen LogP contribution in [-0.4, -0.2) is 10.9 Å². The summed E-state index contributed by atoms with van der Waals surface area (Å²) in [6.07, 6.45) is 7.21. The number of fused-ring (bicyclic) bond motifs is 2. The van der Waals surface area contributed by atoms with Crippen molar-refractivity contribution >= 4 is 16.9 Å². The zero-order valence-corrected chi connectivity index (χ0v) is 13.9. The molecule has 1 N–H and O–H groups in total. The molecule has 4 heteroatoms. The van der Waals surface area contributed by atoms with Crippen LogP contribution in [-0.2, 0) is 4.79 Å². The number of hydrogen-bond acceptors (Lipinski definition) is 3. The Bertz CT molecular complexity index is 875. The Labute approximate surface area is 146 Å². The van der Waals surface area contributed by atoms with Crippen molar-refractivity contribution in [3.63, 3.8) is 0 Å². The van der Waals surface area contributed by atoms with Crippen LogP contribution in [0.1, 0.15) is 36.6 Å².